The van der Waals surface area contributed by atoms with Gasteiger partial charge in [0.25, 0.3) is 5.56 Å². The van der Waals surface area contributed by atoms with Gasteiger partial charge in [-0.3, -0.25) is 4.79 Å². The van der Waals surface area contributed by atoms with Crippen LogP contribution in [0, 0.1) is 5.92 Å². The van der Waals surface area contributed by atoms with E-state index in [1.807, 2.05) is 33.8 Å². The highest BCUT2D eigenvalue weighted by atomic mass is 35.5. The zero-order chi connectivity index (χ0) is 31.6. The van der Waals surface area contributed by atoms with Crippen LogP contribution in [0.4, 0.5) is 36.5 Å². The fourth-order valence-electron chi connectivity index (χ4n) is 5.90. The lowest BCUT2D eigenvalue weighted by atomic mass is 10.0. The molecular weight excluding hydrogens is 594 g/mol. The van der Waals surface area contributed by atoms with Crippen molar-refractivity contribution in [2.24, 2.45) is 13.0 Å². The number of piperazine rings is 1. The Balaban J connectivity index is 1.27. The maximum Gasteiger partial charge on any atom is 0.410 e. The second-order valence-electron chi connectivity index (χ2n) is 12.9. The third kappa shape index (κ3) is 5.83. The Kier molecular flexibility index (Phi) is 7.54. The molecule has 0 bridgehead atoms. The largest absolute Gasteiger partial charge is 0.480 e. The van der Waals surface area contributed by atoms with E-state index in [1.165, 1.54) is 4.57 Å². The quantitative estimate of drug-likeness (QED) is 0.362. The normalized spacial score (nSPS) is 21.6. The number of aromatic nitrogens is 2. The zero-order valence-corrected chi connectivity index (χ0v) is 26.2. The summed E-state index contributed by atoms with van der Waals surface area (Å²) in [7, 11) is 1.60. The van der Waals surface area contributed by atoms with Gasteiger partial charge in [0.15, 0.2) is 6.61 Å². The molecule has 236 valence electrons. The van der Waals surface area contributed by atoms with E-state index in [0.29, 0.717) is 65.6 Å². The van der Waals surface area contributed by atoms with Gasteiger partial charge >= 0.3 is 12.0 Å². The molecule has 2 N–H and O–H groups in total. The zero-order valence-electron chi connectivity index (χ0n) is 25.4. The first-order valence-electron chi connectivity index (χ1n) is 14.8. The molecule has 2 aliphatic heterocycles. The number of benzene rings is 1. The molecule has 2 fully saturated rings. The molecule has 0 radical (unpaired) electrons. The number of hydrogen-bond acceptors (Lipinski definition) is 8. The summed E-state index contributed by atoms with van der Waals surface area (Å²) in [4.78, 5) is 34.1. The number of pyridine rings is 2. The van der Waals surface area contributed by atoms with Crippen molar-refractivity contribution in [3.8, 4) is 5.75 Å². The van der Waals surface area contributed by atoms with Crippen molar-refractivity contribution in [1.29, 1.82) is 0 Å². The Morgan fingerprint density at radius 3 is 2.66 bits per heavy atom. The second kappa shape index (κ2) is 11.0. The molecule has 2 atom stereocenters. The number of anilines is 4. The van der Waals surface area contributed by atoms with Crippen molar-refractivity contribution in [3.05, 3.63) is 45.8 Å². The molecular formula is C31H37ClF2N6O4. The van der Waals surface area contributed by atoms with E-state index < -0.39 is 29.7 Å². The van der Waals surface area contributed by atoms with Gasteiger partial charge in [0.1, 0.15) is 11.4 Å². The number of nitrogens with one attached hydrogen (secondary N) is 2. The average molecular weight is 631 g/mol. The molecule has 2 aromatic heterocycles. The minimum absolute atomic E-state index is 0.101. The number of fused-ring (bicyclic) bond motifs is 3. The Hall–Kier alpha value is -3.80. The molecule has 1 aliphatic carbocycles. The van der Waals surface area contributed by atoms with E-state index >= 15 is 8.78 Å². The lowest BCUT2D eigenvalue weighted by molar-refractivity contribution is -0.0579. The van der Waals surface area contributed by atoms with E-state index in [9.17, 15) is 9.59 Å². The van der Waals surface area contributed by atoms with Crippen LogP contribution < -0.4 is 25.8 Å². The molecule has 0 spiro atoms. The molecule has 10 nitrogen and oxygen atoms in total. The molecule has 3 aromatic rings. The summed E-state index contributed by atoms with van der Waals surface area (Å²) in [5.41, 5.74) is 1.04. The van der Waals surface area contributed by atoms with Gasteiger partial charge in [0.2, 0.25) is 5.75 Å². The molecule has 1 saturated heterocycles. The highest BCUT2D eigenvalue weighted by Gasteiger charge is 2.51. The van der Waals surface area contributed by atoms with Crippen molar-refractivity contribution in [2.75, 3.05) is 41.8 Å². The average Bonchev–Trinajstić information content (AvgIpc) is 3.79. The number of nitrogens with zero attached hydrogens (tertiary/aromatic N) is 4. The molecule has 0 unspecified atom stereocenters. The summed E-state index contributed by atoms with van der Waals surface area (Å²) in [5, 5.41) is 7.32. The van der Waals surface area contributed by atoms with Crippen molar-refractivity contribution in [1.82, 2.24) is 14.5 Å². The van der Waals surface area contributed by atoms with E-state index in [1.54, 1.807) is 36.3 Å². The van der Waals surface area contributed by atoms with Crippen LogP contribution in [0.5, 0.6) is 5.75 Å². The van der Waals surface area contributed by atoms with Crippen LogP contribution in [-0.2, 0) is 11.8 Å². The predicted octanol–water partition coefficient (Wildman–Crippen LogP) is 5.99. The number of carbonyl (C=O) groups excluding carboxylic acids is 1. The number of ether oxygens (including phenoxy) is 2. The maximum absolute atomic E-state index is 15.0. The van der Waals surface area contributed by atoms with Gasteiger partial charge < -0.3 is 34.5 Å². The molecule has 1 aromatic carbocycles. The molecule has 13 heteroatoms. The summed E-state index contributed by atoms with van der Waals surface area (Å²) < 4.78 is 42.5. The van der Waals surface area contributed by atoms with Gasteiger partial charge in [-0.1, -0.05) is 11.6 Å². The number of halogens is 3. The first-order valence-corrected chi connectivity index (χ1v) is 15.2. The van der Waals surface area contributed by atoms with Gasteiger partial charge in [-0.15, -0.1) is 0 Å². The van der Waals surface area contributed by atoms with E-state index in [2.05, 4.69) is 20.5 Å². The molecule has 1 saturated carbocycles. The number of carbonyl (C=O) groups is 1. The van der Waals surface area contributed by atoms with Crippen LogP contribution >= 0.6 is 11.6 Å². The fourth-order valence-corrected chi connectivity index (χ4v) is 6.05. The third-order valence-corrected chi connectivity index (χ3v) is 8.61. The van der Waals surface area contributed by atoms with Crippen molar-refractivity contribution in [3.63, 3.8) is 0 Å². The number of alkyl halides is 2. The van der Waals surface area contributed by atoms with Crippen molar-refractivity contribution in [2.45, 2.75) is 64.1 Å². The van der Waals surface area contributed by atoms with Crippen molar-refractivity contribution < 1.29 is 23.0 Å². The van der Waals surface area contributed by atoms with E-state index in [4.69, 9.17) is 21.1 Å². The molecule has 44 heavy (non-hydrogen) atoms. The van der Waals surface area contributed by atoms with Crippen LogP contribution in [0.15, 0.2) is 35.3 Å². The maximum atomic E-state index is 15.0. The standard InChI is InChI=1S/C31H37ClF2N6O4/c1-17-15-39(10-11-40(17)29(42)44-30(2,3)4)24-13-22(21(32)14-35-24)36-19-8-9-23-20(12-19)25-26(28(41)38(23)5)43-16-31(33,34)27(37-25)18-6-7-18/h8-9,12-14,17-18,27,37H,6-7,10-11,15-16H2,1-5H3,(H,35,36)/t17-,27-/m0/s1. The van der Waals surface area contributed by atoms with Gasteiger partial charge in [-0.05, 0) is 64.7 Å². The molecule has 6 rings (SSSR count). The van der Waals surface area contributed by atoms with Crippen molar-refractivity contribution >= 4 is 51.5 Å². The summed E-state index contributed by atoms with van der Waals surface area (Å²) in [6, 6.07) is 5.99. The summed E-state index contributed by atoms with van der Waals surface area (Å²) in [6.45, 7) is 8.25. The minimum atomic E-state index is -3.12. The van der Waals surface area contributed by atoms with Gasteiger partial charge in [0, 0.05) is 49.9 Å². The summed E-state index contributed by atoms with van der Waals surface area (Å²) in [5.74, 6) is -2.72. The highest BCUT2D eigenvalue weighted by Crippen LogP contribution is 2.45. The Morgan fingerprint density at radius 2 is 1.98 bits per heavy atom. The number of rotatable bonds is 4. The molecule has 1 amide bonds. The third-order valence-electron chi connectivity index (χ3n) is 8.31. The summed E-state index contributed by atoms with van der Waals surface area (Å²) >= 11 is 6.56. The number of aryl methyl sites for hydroxylation is 1. The highest BCUT2D eigenvalue weighted by molar-refractivity contribution is 6.33. The van der Waals surface area contributed by atoms with E-state index in [-0.39, 0.29) is 29.5 Å². The Bertz CT molecular complexity index is 1670. The SMILES string of the molecule is C[C@H]1CN(c2cc(Nc3ccc4c(c3)c3c(c(=O)n4C)OCC(F)(F)[C@H](C4CC4)N3)c(Cl)cn2)CCN1C(=O)OC(C)(C)C. The lowest BCUT2D eigenvalue weighted by Gasteiger charge is -2.40. The van der Waals surface area contributed by atoms with Crippen LogP contribution in [0.2, 0.25) is 5.02 Å². The minimum Gasteiger partial charge on any atom is -0.480 e. The van der Waals surface area contributed by atoms with Crippen LogP contribution in [-0.4, -0.2) is 70.4 Å². The molecule has 3 aliphatic rings. The van der Waals surface area contributed by atoms with Crippen LogP contribution in [0.25, 0.3) is 10.9 Å². The van der Waals surface area contributed by atoms with Gasteiger partial charge in [-0.2, -0.15) is 0 Å². The fraction of sp³-hybridized carbons (Fsp3) is 0.516. The Morgan fingerprint density at radius 1 is 1.23 bits per heavy atom. The number of amides is 1. The van der Waals surface area contributed by atoms with Crippen LogP contribution in [0.3, 0.4) is 0 Å². The lowest BCUT2D eigenvalue weighted by Crippen LogP contribution is -2.55. The monoisotopic (exact) mass is 630 g/mol. The predicted molar refractivity (Wildman–Crippen MR) is 167 cm³/mol. The molecule has 4 heterocycles. The Labute approximate surface area is 259 Å². The first kappa shape index (κ1) is 30.2. The smallest absolute Gasteiger partial charge is 0.410 e. The first-order chi connectivity index (χ1) is 20.7. The van der Waals surface area contributed by atoms with Gasteiger partial charge in [0.05, 0.1) is 34.2 Å². The topological polar surface area (TPSA) is 101 Å². The van der Waals surface area contributed by atoms with Crippen LogP contribution in [0.1, 0.15) is 40.5 Å². The summed E-state index contributed by atoms with van der Waals surface area (Å²) in [6.07, 6.45) is 2.64. The number of hydrogen-bond donors (Lipinski definition) is 2. The van der Waals surface area contributed by atoms with E-state index in [0.717, 1.165) is 0 Å². The van der Waals surface area contributed by atoms with Gasteiger partial charge in [-0.25, -0.2) is 18.6 Å². The second-order valence-corrected chi connectivity index (χ2v) is 13.3.